The van der Waals surface area contributed by atoms with E-state index in [9.17, 15) is 4.79 Å². The number of amides is 1. The van der Waals surface area contributed by atoms with Crippen LogP contribution in [0.3, 0.4) is 0 Å². The molecule has 0 saturated heterocycles. The topological polar surface area (TPSA) is 32.3 Å². The largest absolute Gasteiger partial charge is 0.334 e. The number of nitrogens with zero attached hydrogens (tertiary/aromatic N) is 1. The van der Waals surface area contributed by atoms with E-state index >= 15 is 0 Å². The second kappa shape index (κ2) is 6.61. The van der Waals surface area contributed by atoms with E-state index in [1.165, 1.54) is 11.1 Å². The third kappa shape index (κ3) is 4.07. The summed E-state index contributed by atoms with van der Waals surface area (Å²) in [6.07, 6.45) is 3.33. The molecule has 21 heavy (non-hydrogen) atoms. The molecule has 2 rings (SSSR count). The molecular weight excluding hydrogens is 260 g/mol. The van der Waals surface area contributed by atoms with Gasteiger partial charge in [0.1, 0.15) is 0 Å². The maximum atomic E-state index is 12.8. The molecule has 0 radical (unpaired) electrons. The number of rotatable bonds is 7. The maximum Gasteiger partial charge on any atom is 0.242 e. The minimum atomic E-state index is -0.485. The van der Waals surface area contributed by atoms with Crippen molar-refractivity contribution in [2.75, 3.05) is 6.54 Å². The summed E-state index contributed by atoms with van der Waals surface area (Å²) in [6, 6.07) is 9.07. The molecular formula is C18H28N2O. The van der Waals surface area contributed by atoms with Crippen LogP contribution in [-0.2, 0) is 17.8 Å². The van der Waals surface area contributed by atoms with Crippen LogP contribution in [-0.4, -0.2) is 28.9 Å². The van der Waals surface area contributed by atoms with Gasteiger partial charge in [-0.05, 0) is 50.8 Å². The van der Waals surface area contributed by atoms with E-state index in [2.05, 4.69) is 41.4 Å². The number of hydrogen-bond donors (Lipinski definition) is 1. The number of nitrogens with one attached hydrogen (secondary N) is 1. The van der Waals surface area contributed by atoms with Crippen LogP contribution in [0.2, 0.25) is 0 Å². The van der Waals surface area contributed by atoms with Gasteiger partial charge in [0.15, 0.2) is 0 Å². The second-order valence-electron chi connectivity index (χ2n) is 6.49. The quantitative estimate of drug-likeness (QED) is 0.836. The molecule has 0 aromatic heterocycles. The van der Waals surface area contributed by atoms with Crippen LogP contribution in [0.5, 0.6) is 0 Å². The van der Waals surface area contributed by atoms with Crippen molar-refractivity contribution in [2.45, 2.75) is 65.1 Å². The zero-order valence-electron chi connectivity index (χ0n) is 13.8. The molecule has 0 unspecified atom stereocenters. The molecule has 0 spiro atoms. The van der Waals surface area contributed by atoms with Crippen LogP contribution >= 0.6 is 0 Å². The predicted molar refractivity (Wildman–Crippen MR) is 87.1 cm³/mol. The van der Waals surface area contributed by atoms with Gasteiger partial charge in [0.25, 0.3) is 0 Å². The normalized spacial score (nSPS) is 15.0. The van der Waals surface area contributed by atoms with Crippen molar-refractivity contribution in [3.63, 3.8) is 0 Å². The van der Waals surface area contributed by atoms with E-state index in [1.54, 1.807) is 0 Å². The van der Waals surface area contributed by atoms with E-state index in [4.69, 9.17) is 0 Å². The average Bonchev–Trinajstić information content (AvgIpc) is 3.29. The summed E-state index contributed by atoms with van der Waals surface area (Å²) in [5.41, 5.74) is 2.08. The Morgan fingerprint density at radius 1 is 1.19 bits per heavy atom. The van der Waals surface area contributed by atoms with Gasteiger partial charge in [-0.2, -0.15) is 0 Å². The average molecular weight is 288 g/mol. The number of hydrogen-bond acceptors (Lipinski definition) is 2. The zero-order chi connectivity index (χ0) is 15.5. The number of aryl methyl sites for hydroxylation is 1. The minimum Gasteiger partial charge on any atom is -0.334 e. The first kappa shape index (κ1) is 16.0. The molecule has 3 nitrogen and oxygen atoms in total. The lowest BCUT2D eigenvalue weighted by molar-refractivity contribution is -0.138. The van der Waals surface area contributed by atoms with Crippen molar-refractivity contribution < 1.29 is 4.79 Å². The fraction of sp³-hybridized carbons (Fsp3) is 0.611. The number of benzene rings is 1. The minimum absolute atomic E-state index is 0.214. The van der Waals surface area contributed by atoms with Crippen LogP contribution in [0.4, 0.5) is 0 Å². The van der Waals surface area contributed by atoms with E-state index < -0.39 is 5.54 Å². The van der Waals surface area contributed by atoms with Gasteiger partial charge in [0.05, 0.1) is 5.54 Å². The molecule has 3 heteroatoms. The molecule has 1 N–H and O–H groups in total. The molecule has 1 saturated carbocycles. The lowest BCUT2D eigenvalue weighted by Crippen LogP contribution is -2.54. The Morgan fingerprint density at radius 2 is 1.76 bits per heavy atom. The van der Waals surface area contributed by atoms with Crippen LogP contribution < -0.4 is 5.32 Å². The van der Waals surface area contributed by atoms with E-state index in [-0.39, 0.29) is 5.91 Å². The molecule has 1 aliphatic rings. The molecule has 0 bridgehead atoms. The van der Waals surface area contributed by atoms with Crippen LogP contribution in [0.1, 0.15) is 51.7 Å². The summed E-state index contributed by atoms with van der Waals surface area (Å²) < 4.78 is 0. The molecule has 0 atom stereocenters. The molecule has 0 aliphatic heterocycles. The van der Waals surface area contributed by atoms with Gasteiger partial charge in [-0.1, -0.05) is 38.1 Å². The fourth-order valence-corrected chi connectivity index (χ4v) is 2.71. The summed E-state index contributed by atoms with van der Waals surface area (Å²) in [7, 11) is 0. The van der Waals surface area contributed by atoms with Crippen LogP contribution in [0.25, 0.3) is 0 Å². The summed E-state index contributed by atoms with van der Waals surface area (Å²) in [6.45, 7) is 9.70. The van der Waals surface area contributed by atoms with Gasteiger partial charge in [-0.3, -0.25) is 4.79 Å². The first-order valence-electron chi connectivity index (χ1n) is 8.11. The van der Waals surface area contributed by atoms with Crippen molar-refractivity contribution in [3.8, 4) is 0 Å². The molecule has 1 aromatic carbocycles. The van der Waals surface area contributed by atoms with Crippen LogP contribution in [0, 0.1) is 0 Å². The fourth-order valence-electron chi connectivity index (χ4n) is 2.71. The molecule has 1 amide bonds. The number of carbonyl (C=O) groups is 1. The van der Waals surface area contributed by atoms with Crippen LogP contribution in [0.15, 0.2) is 24.3 Å². The van der Waals surface area contributed by atoms with Gasteiger partial charge >= 0.3 is 0 Å². The van der Waals surface area contributed by atoms with E-state index in [0.29, 0.717) is 6.04 Å². The summed E-state index contributed by atoms with van der Waals surface area (Å²) in [4.78, 5) is 14.9. The Balaban J connectivity index is 2.10. The standard InChI is InChI=1S/C18H28N2O/c1-5-14-7-9-15(10-8-14)13-20(16-11-12-16)17(21)18(3,4)19-6-2/h7-10,16,19H,5-6,11-13H2,1-4H3. The van der Waals surface area contributed by atoms with Crippen molar-refractivity contribution >= 4 is 5.91 Å². The maximum absolute atomic E-state index is 12.8. The summed E-state index contributed by atoms with van der Waals surface area (Å²) in [5, 5.41) is 3.30. The highest BCUT2D eigenvalue weighted by atomic mass is 16.2. The SMILES string of the molecule is CCNC(C)(C)C(=O)N(Cc1ccc(CC)cc1)C1CC1. The molecule has 1 aliphatic carbocycles. The Bertz CT molecular complexity index is 474. The highest BCUT2D eigenvalue weighted by molar-refractivity contribution is 5.86. The van der Waals surface area contributed by atoms with Gasteiger partial charge < -0.3 is 10.2 Å². The third-order valence-electron chi connectivity index (χ3n) is 4.19. The van der Waals surface area contributed by atoms with Gasteiger partial charge in [-0.25, -0.2) is 0 Å². The van der Waals surface area contributed by atoms with E-state index in [1.807, 2.05) is 20.8 Å². The number of likely N-dealkylation sites (N-methyl/N-ethyl adjacent to an activating group) is 1. The third-order valence-corrected chi connectivity index (χ3v) is 4.19. The van der Waals surface area contributed by atoms with Gasteiger partial charge in [-0.15, -0.1) is 0 Å². The van der Waals surface area contributed by atoms with E-state index in [0.717, 1.165) is 32.4 Å². The molecule has 1 aromatic rings. The molecule has 0 heterocycles. The second-order valence-corrected chi connectivity index (χ2v) is 6.49. The van der Waals surface area contributed by atoms with Crippen molar-refractivity contribution in [3.05, 3.63) is 35.4 Å². The lowest BCUT2D eigenvalue weighted by atomic mass is 10.0. The lowest BCUT2D eigenvalue weighted by Gasteiger charge is -2.33. The molecule has 1 fully saturated rings. The zero-order valence-corrected chi connectivity index (χ0v) is 13.8. The number of carbonyl (C=O) groups excluding carboxylic acids is 1. The first-order chi connectivity index (χ1) is 9.97. The van der Waals surface area contributed by atoms with Gasteiger partial charge in [0.2, 0.25) is 5.91 Å². The monoisotopic (exact) mass is 288 g/mol. The highest BCUT2D eigenvalue weighted by Crippen LogP contribution is 2.30. The van der Waals surface area contributed by atoms with Crippen molar-refractivity contribution in [1.82, 2.24) is 10.2 Å². The smallest absolute Gasteiger partial charge is 0.242 e. The predicted octanol–water partition coefficient (Wildman–Crippen LogP) is 3.13. The highest BCUT2D eigenvalue weighted by Gasteiger charge is 2.39. The van der Waals surface area contributed by atoms with Crippen molar-refractivity contribution in [2.24, 2.45) is 0 Å². The Kier molecular flexibility index (Phi) is 5.04. The summed E-state index contributed by atoms with van der Waals surface area (Å²) >= 11 is 0. The van der Waals surface area contributed by atoms with Crippen molar-refractivity contribution in [1.29, 1.82) is 0 Å². The molecule has 116 valence electrons. The Hall–Kier alpha value is -1.35. The Morgan fingerprint density at radius 3 is 2.24 bits per heavy atom. The summed E-state index contributed by atoms with van der Waals surface area (Å²) in [5.74, 6) is 0.214. The Labute approximate surface area is 128 Å². The first-order valence-corrected chi connectivity index (χ1v) is 8.11. The van der Waals surface area contributed by atoms with Gasteiger partial charge in [0, 0.05) is 12.6 Å².